The fraction of sp³-hybridized carbons (Fsp3) is 0.533. The molecule has 5 heteroatoms. The number of nitrogens with zero attached hydrogens (tertiary/aromatic N) is 4. The first-order valence-corrected chi connectivity index (χ1v) is 7.32. The molecule has 3 rings (SSSR count). The van der Waals surface area contributed by atoms with E-state index < -0.39 is 0 Å². The molecule has 1 aliphatic rings. The van der Waals surface area contributed by atoms with Crippen molar-refractivity contribution in [3.8, 4) is 0 Å². The van der Waals surface area contributed by atoms with Crippen LogP contribution in [0, 0.1) is 5.92 Å². The van der Waals surface area contributed by atoms with Crippen molar-refractivity contribution in [1.82, 2.24) is 19.5 Å². The van der Waals surface area contributed by atoms with Gasteiger partial charge in [0.1, 0.15) is 5.69 Å². The molecule has 1 aliphatic heterocycles. The van der Waals surface area contributed by atoms with Gasteiger partial charge in [-0.25, -0.2) is 9.50 Å². The van der Waals surface area contributed by atoms with Crippen molar-refractivity contribution in [2.24, 2.45) is 5.92 Å². The summed E-state index contributed by atoms with van der Waals surface area (Å²) in [6.07, 6.45) is 4.22. The van der Waals surface area contributed by atoms with Crippen molar-refractivity contribution < 1.29 is 4.79 Å². The minimum Gasteiger partial charge on any atom is -0.303 e. The minimum atomic E-state index is 0.556. The van der Waals surface area contributed by atoms with E-state index in [0.29, 0.717) is 11.6 Å². The maximum Gasteiger partial charge on any atom is 0.168 e. The Morgan fingerprint density at radius 2 is 2.35 bits per heavy atom. The van der Waals surface area contributed by atoms with E-state index in [-0.39, 0.29) is 0 Å². The average Bonchev–Trinajstić information content (AvgIpc) is 2.89. The second kappa shape index (κ2) is 5.71. The number of fused-ring (bicyclic) bond motifs is 1. The number of aromatic nitrogens is 3. The summed E-state index contributed by atoms with van der Waals surface area (Å²) >= 11 is 0. The number of aldehydes is 1. The van der Waals surface area contributed by atoms with Gasteiger partial charge in [0, 0.05) is 13.0 Å². The van der Waals surface area contributed by atoms with Gasteiger partial charge in [-0.05, 0) is 44.0 Å². The highest BCUT2D eigenvalue weighted by atomic mass is 16.1. The van der Waals surface area contributed by atoms with Gasteiger partial charge < -0.3 is 4.90 Å². The first-order chi connectivity index (χ1) is 9.80. The van der Waals surface area contributed by atoms with E-state index in [1.807, 2.05) is 12.1 Å². The average molecular weight is 272 g/mol. The van der Waals surface area contributed by atoms with E-state index in [1.165, 1.54) is 19.4 Å². The van der Waals surface area contributed by atoms with Crippen LogP contribution >= 0.6 is 0 Å². The third kappa shape index (κ3) is 2.58. The summed E-state index contributed by atoms with van der Waals surface area (Å²) < 4.78 is 1.64. The molecule has 0 aliphatic carbocycles. The smallest absolute Gasteiger partial charge is 0.168 e. The molecule has 0 aromatic carbocycles. The topological polar surface area (TPSA) is 50.5 Å². The van der Waals surface area contributed by atoms with Gasteiger partial charge >= 0.3 is 0 Å². The predicted molar refractivity (Wildman–Crippen MR) is 76.9 cm³/mol. The highest BCUT2D eigenvalue weighted by Gasteiger charge is 2.20. The number of carbonyl (C=O) groups excluding carboxylic acids is 1. The molecule has 1 unspecified atom stereocenters. The zero-order valence-electron chi connectivity index (χ0n) is 11.8. The Bertz CT molecular complexity index is 607. The van der Waals surface area contributed by atoms with Gasteiger partial charge in [0.05, 0.1) is 0 Å². The Morgan fingerprint density at radius 1 is 1.45 bits per heavy atom. The normalized spacial score (nSPS) is 20.4. The van der Waals surface area contributed by atoms with E-state index in [4.69, 9.17) is 0 Å². The fourth-order valence-corrected chi connectivity index (χ4v) is 3.01. The summed E-state index contributed by atoms with van der Waals surface area (Å²) in [7, 11) is 0. The minimum absolute atomic E-state index is 0.556. The van der Waals surface area contributed by atoms with E-state index in [0.717, 1.165) is 37.3 Å². The molecule has 0 spiro atoms. The molecule has 0 bridgehead atoms. The van der Waals surface area contributed by atoms with Crippen LogP contribution in [0.3, 0.4) is 0 Å². The van der Waals surface area contributed by atoms with Crippen LogP contribution in [-0.4, -0.2) is 45.4 Å². The molecule has 3 heterocycles. The number of hydrogen-bond donors (Lipinski definition) is 0. The van der Waals surface area contributed by atoms with Crippen molar-refractivity contribution in [2.45, 2.75) is 26.2 Å². The van der Waals surface area contributed by atoms with Crippen LogP contribution < -0.4 is 0 Å². The number of hydrogen-bond acceptors (Lipinski definition) is 4. The van der Waals surface area contributed by atoms with Gasteiger partial charge in [0.25, 0.3) is 0 Å². The summed E-state index contributed by atoms with van der Waals surface area (Å²) in [6.45, 7) is 5.67. The van der Waals surface area contributed by atoms with Gasteiger partial charge in [-0.2, -0.15) is 5.10 Å². The van der Waals surface area contributed by atoms with Crippen LogP contribution in [0.5, 0.6) is 0 Å². The van der Waals surface area contributed by atoms with Crippen LogP contribution in [0.1, 0.15) is 36.1 Å². The van der Waals surface area contributed by atoms with Gasteiger partial charge in [-0.1, -0.05) is 13.0 Å². The van der Waals surface area contributed by atoms with Crippen molar-refractivity contribution in [2.75, 3.05) is 19.6 Å². The summed E-state index contributed by atoms with van der Waals surface area (Å²) in [4.78, 5) is 18.0. The molecule has 0 saturated carbocycles. The molecule has 106 valence electrons. The van der Waals surface area contributed by atoms with E-state index in [1.54, 1.807) is 10.6 Å². The second-order valence-electron chi connectivity index (χ2n) is 5.47. The van der Waals surface area contributed by atoms with Crippen LogP contribution in [-0.2, 0) is 6.42 Å². The zero-order valence-corrected chi connectivity index (χ0v) is 11.8. The maximum atomic E-state index is 11.0. The molecule has 2 aromatic heterocycles. The summed E-state index contributed by atoms with van der Waals surface area (Å²) in [5, 5.41) is 4.48. The Labute approximate surface area is 118 Å². The lowest BCUT2D eigenvalue weighted by molar-refractivity contribution is 0.111. The van der Waals surface area contributed by atoms with Gasteiger partial charge in [-0.3, -0.25) is 4.79 Å². The fourth-order valence-electron chi connectivity index (χ4n) is 3.01. The van der Waals surface area contributed by atoms with E-state index in [2.05, 4.69) is 21.9 Å². The molecule has 2 aromatic rings. The highest BCUT2D eigenvalue weighted by Crippen LogP contribution is 2.19. The molecule has 1 saturated heterocycles. The van der Waals surface area contributed by atoms with Gasteiger partial charge in [0.2, 0.25) is 0 Å². The summed E-state index contributed by atoms with van der Waals surface area (Å²) in [5.41, 5.74) is 1.31. The number of rotatable bonds is 4. The second-order valence-corrected chi connectivity index (χ2v) is 5.47. The maximum absolute atomic E-state index is 11.0. The SMILES string of the molecule is CCN1CCCC(Cc2nc3cccc(C=O)n3n2)C1. The monoisotopic (exact) mass is 272 g/mol. The Kier molecular flexibility index (Phi) is 3.78. The van der Waals surface area contributed by atoms with Crippen LogP contribution in [0.2, 0.25) is 0 Å². The lowest BCUT2D eigenvalue weighted by Gasteiger charge is -2.31. The summed E-state index contributed by atoms with van der Waals surface area (Å²) in [5.74, 6) is 1.48. The molecule has 1 fully saturated rings. The highest BCUT2D eigenvalue weighted by molar-refractivity contribution is 5.73. The summed E-state index contributed by atoms with van der Waals surface area (Å²) in [6, 6.07) is 5.50. The number of carbonyl (C=O) groups is 1. The zero-order chi connectivity index (χ0) is 13.9. The predicted octanol–water partition coefficient (Wildman–Crippen LogP) is 1.82. The van der Waals surface area contributed by atoms with Crippen molar-refractivity contribution in [1.29, 1.82) is 0 Å². The molecule has 0 radical (unpaired) electrons. The number of likely N-dealkylation sites (tertiary alicyclic amines) is 1. The van der Waals surface area contributed by atoms with Crippen LogP contribution in [0.25, 0.3) is 5.65 Å². The molecule has 1 atom stereocenters. The van der Waals surface area contributed by atoms with Crippen LogP contribution in [0.4, 0.5) is 0 Å². The molecular weight excluding hydrogens is 252 g/mol. The van der Waals surface area contributed by atoms with E-state index >= 15 is 0 Å². The lowest BCUT2D eigenvalue weighted by atomic mass is 9.94. The standard InChI is InChI=1S/C15H20N4O/c1-2-18-8-4-5-12(10-18)9-14-16-15-7-3-6-13(11-20)19(15)17-14/h3,6-7,11-12H,2,4-5,8-10H2,1H3. The molecule has 20 heavy (non-hydrogen) atoms. The first kappa shape index (κ1) is 13.2. The third-order valence-corrected chi connectivity index (χ3v) is 4.08. The Morgan fingerprint density at radius 3 is 3.15 bits per heavy atom. The van der Waals surface area contributed by atoms with Crippen LogP contribution in [0.15, 0.2) is 18.2 Å². The molecular formula is C15H20N4O. The third-order valence-electron chi connectivity index (χ3n) is 4.08. The number of piperidine rings is 1. The number of pyridine rings is 1. The molecule has 5 nitrogen and oxygen atoms in total. The van der Waals surface area contributed by atoms with E-state index in [9.17, 15) is 4.79 Å². The van der Waals surface area contributed by atoms with Crippen molar-refractivity contribution in [3.05, 3.63) is 29.7 Å². The lowest BCUT2D eigenvalue weighted by Crippen LogP contribution is -2.36. The Hall–Kier alpha value is -1.75. The van der Waals surface area contributed by atoms with Crippen molar-refractivity contribution >= 4 is 11.9 Å². The van der Waals surface area contributed by atoms with Gasteiger partial charge in [-0.15, -0.1) is 0 Å². The first-order valence-electron chi connectivity index (χ1n) is 7.32. The Balaban J connectivity index is 1.79. The van der Waals surface area contributed by atoms with Crippen molar-refractivity contribution in [3.63, 3.8) is 0 Å². The molecule has 0 N–H and O–H groups in total. The quantitative estimate of drug-likeness (QED) is 0.797. The molecule has 0 amide bonds. The largest absolute Gasteiger partial charge is 0.303 e. The van der Waals surface area contributed by atoms with Gasteiger partial charge in [0.15, 0.2) is 17.8 Å².